The van der Waals surface area contributed by atoms with Crippen LogP contribution in [0.5, 0.6) is 5.75 Å². The van der Waals surface area contributed by atoms with Gasteiger partial charge in [-0.05, 0) is 18.2 Å². The van der Waals surface area contributed by atoms with Crippen molar-refractivity contribution < 1.29 is 66.0 Å². The summed E-state index contributed by atoms with van der Waals surface area (Å²) in [5, 5.41) is 15.4. The largest absolute Gasteiger partial charge is 1.00 e. The summed E-state index contributed by atoms with van der Waals surface area (Å²) >= 11 is 12.4. The fraction of sp³-hybridized carbons (Fsp3) is 0.188. The number of anilines is 1. The van der Waals surface area contributed by atoms with E-state index in [1.54, 1.807) is 12.1 Å². The summed E-state index contributed by atoms with van der Waals surface area (Å²) in [5.74, 6) is -0.811. The number of aliphatic carboxylic acids is 1. The Morgan fingerprint density at radius 3 is 2.70 bits per heavy atom. The SMILES string of the molecule is O=C([O-])C1Nc2cc(Cl)cc(Cl)c2C2c3ccccc3OC12.[K+]. The van der Waals surface area contributed by atoms with Crippen LogP contribution < -0.4 is 66.5 Å². The summed E-state index contributed by atoms with van der Waals surface area (Å²) in [6.45, 7) is 0. The minimum absolute atomic E-state index is 0. The zero-order chi connectivity index (χ0) is 15.4. The molecule has 2 aliphatic heterocycles. The van der Waals surface area contributed by atoms with Crippen LogP contribution in [-0.4, -0.2) is 18.1 Å². The van der Waals surface area contributed by atoms with E-state index in [1.165, 1.54) is 0 Å². The molecule has 3 unspecified atom stereocenters. The van der Waals surface area contributed by atoms with Crippen molar-refractivity contribution in [1.29, 1.82) is 0 Å². The number of rotatable bonds is 1. The predicted octanol–water partition coefficient (Wildman–Crippen LogP) is -0.566. The predicted molar refractivity (Wildman–Crippen MR) is 81.6 cm³/mol. The van der Waals surface area contributed by atoms with Gasteiger partial charge in [-0.3, -0.25) is 0 Å². The molecule has 0 spiro atoms. The Morgan fingerprint density at radius 1 is 1.22 bits per heavy atom. The average Bonchev–Trinajstić information content (AvgIpc) is 2.84. The van der Waals surface area contributed by atoms with E-state index >= 15 is 0 Å². The normalized spacial score (nSPS) is 23.5. The van der Waals surface area contributed by atoms with Gasteiger partial charge in [0, 0.05) is 26.9 Å². The first kappa shape index (κ1) is 17.5. The Hall–Kier alpha value is -0.274. The second kappa shape index (κ2) is 6.56. The third-order valence-electron chi connectivity index (χ3n) is 4.14. The topological polar surface area (TPSA) is 61.4 Å². The molecule has 23 heavy (non-hydrogen) atoms. The minimum atomic E-state index is -1.22. The van der Waals surface area contributed by atoms with Crippen LogP contribution >= 0.6 is 23.2 Å². The van der Waals surface area contributed by atoms with Crippen molar-refractivity contribution in [2.24, 2.45) is 0 Å². The number of para-hydroxylation sites is 1. The third-order valence-corrected chi connectivity index (χ3v) is 4.68. The monoisotopic (exact) mass is 373 g/mol. The molecular weight excluding hydrogens is 364 g/mol. The van der Waals surface area contributed by atoms with E-state index < -0.39 is 18.1 Å². The summed E-state index contributed by atoms with van der Waals surface area (Å²) in [5.41, 5.74) is 2.33. The Kier molecular flexibility index (Phi) is 5.00. The number of nitrogens with one attached hydrogen (secondary N) is 1. The van der Waals surface area contributed by atoms with Crippen molar-refractivity contribution in [1.82, 2.24) is 0 Å². The van der Waals surface area contributed by atoms with E-state index in [4.69, 9.17) is 27.9 Å². The van der Waals surface area contributed by atoms with Crippen molar-refractivity contribution >= 4 is 34.9 Å². The van der Waals surface area contributed by atoms with Gasteiger partial charge in [0.2, 0.25) is 0 Å². The van der Waals surface area contributed by atoms with Gasteiger partial charge >= 0.3 is 51.4 Å². The van der Waals surface area contributed by atoms with Gasteiger partial charge in [-0.15, -0.1) is 0 Å². The van der Waals surface area contributed by atoms with Crippen LogP contribution in [0.2, 0.25) is 10.0 Å². The molecule has 7 heteroatoms. The number of halogens is 2. The van der Waals surface area contributed by atoms with E-state index in [9.17, 15) is 9.90 Å². The van der Waals surface area contributed by atoms with Crippen LogP contribution in [0.4, 0.5) is 5.69 Å². The maximum Gasteiger partial charge on any atom is 1.00 e. The van der Waals surface area contributed by atoms with E-state index in [2.05, 4.69) is 5.32 Å². The molecule has 1 N–H and O–H groups in total. The Balaban J connectivity index is 0.00000156. The minimum Gasteiger partial charge on any atom is -0.548 e. The molecule has 3 atom stereocenters. The maximum atomic E-state index is 11.5. The van der Waals surface area contributed by atoms with Crippen molar-refractivity contribution in [3.63, 3.8) is 0 Å². The van der Waals surface area contributed by atoms with Crippen molar-refractivity contribution in [3.05, 3.63) is 57.6 Å². The molecule has 0 saturated carbocycles. The zero-order valence-electron chi connectivity index (χ0n) is 12.2. The van der Waals surface area contributed by atoms with Gasteiger partial charge in [0.25, 0.3) is 0 Å². The third kappa shape index (κ3) is 2.82. The van der Waals surface area contributed by atoms with Crippen LogP contribution in [0, 0.1) is 0 Å². The molecule has 2 heterocycles. The fourth-order valence-corrected chi connectivity index (χ4v) is 3.89. The standard InChI is InChI=1S/C16H11Cl2NO3.K/c17-7-5-9(18)13-10(6-7)19-14(16(20)21)15-12(13)8-3-1-2-4-11(8)22-15;/h1-6,12,14-15,19H,(H,20,21);/q;+1/p-1. The number of carbonyl (C=O) groups excluding carboxylic acids is 1. The van der Waals surface area contributed by atoms with Gasteiger partial charge in [0.1, 0.15) is 17.9 Å². The zero-order valence-corrected chi connectivity index (χ0v) is 16.8. The number of hydrogen-bond acceptors (Lipinski definition) is 4. The van der Waals surface area contributed by atoms with Crippen molar-refractivity contribution in [2.45, 2.75) is 18.1 Å². The summed E-state index contributed by atoms with van der Waals surface area (Å²) < 4.78 is 5.85. The number of carbonyl (C=O) groups is 1. The molecule has 0 aliphatic carbocycles. The first-order valence-electron chi connectivity index (χ1n) is 6.78. The molecule has 0 fully saturated rings. The van der Waals surface area contributed by atoms with Crippen molar-refractivity contribution in [3.8, 4) is 5.75 Å². The first-order valence-corrected chi connectivity index (χ1v) is 7.54. The number of carboxylic acids is 1. The Bertz CT molecular complexity index is 799. The van der Waals surface area contributed by atoms with E-state index in [0.717, 1.165) is 11.1 Å². The number of ether oxygens (including phenoxy) is 1. The van der Waals surface area contributed by atoms with E-state index in [0.29, 0.717) is 21.5 Å². The van der Waals surface area contributed by atoms with Crippen molar-refractivity contribution in [2.75, 3.05) is 5.32 Å². The molecule has 0 bridgehead atoms. The van der Waals surface area contributed by atoms with Gasteiger partial charge < -0.3 is 20.0 Å². The van der Waals surface area contributed by atoms with Crippen LogP contribution in [0.25, 0.3) is 0 Å². The molecule has 2 aliphatic rings. The van der Waals surface area contributed by atoms with Crippen LogP contribution in [0.15, 0.2) is 36.4 Å². The molecular formula is C16H10Cl2KNO3. The van der Waals surface area contributed by atoms with E-state index in [1.807, 2.05) is 24.3 Å². The number of benzene rings is 2. The molecule has 0 radical (unpaired) electrons. The van der Waals surface area contributed by atoms with Crippen LogP contribution in [0.3, 0.4) is 0 Å². The Morgan fingerprint density at radius 2 is 1.96 bits per heavy atom. The summed E-state index contributed by atoms with van der Waals surface area (Å²) in [7, 11) is 0. The van der Waals surface area contributed by atoms with E-state index in [-0.39, 0.29) is 57.3 Å². The van der Waals surface area contributed by atoms with Gasteiger partial charge in [0.15, 0.2) is 0 Å². The smallest absolute Gasteiger partial charge is 0.548 e. The first-order chi connectivity index (χ1) is 10.6. The molecule has 0 aromatic heterocycles. The maximum absolute atomic E-state index is 11.5. The molecule has 2 aromatic carbocycles. The summed E-state index contributed by atoms with van der Waals surface area (Å²) in [4.78, 5) is 11.5. The van der Waals surface area contributed by atoms with Crippen LogP contribution in [0.1, 0.15) is 17.0 Å². The molecule has 4 nitrogen and oxygen atoms in total. The molecule has 0 saturated heterocycles. The van der Waals surface area contributed by atoms with Gasteiger partial charge in [-0.25, -0.2) is 0 Å². The van der Waals surface area contributed by atoms with Crippen LogP contribution in [-0.2, 0) is 4.79 Å². The van der Waals surface area contributed by atoms with Gasteiger partial charge in [-0.1, -0.05) is 41.4 Å². The number of carboxylic acid groups (broad SMARTS) is 1. The second-order valence-corrected chi connectivity index (χ2v) is 6.23. The molecule has 0 amide bonds. The number of fused-ring (bicyclic) bond motifs is 5. The summed E-state index contributed by atoms with van der Waals surface area (Å²) in [6.07, 6.45) is -0.603. The molecule has 112 valence electrons. The van der Waals surface area contributed by atoms with Gasteiger partial charge in [0.05, 0.1) is 11.9 Å². The number of hydrogen-bond donors (Lipinski definition) is 1. The fourth-order valence-electron chi connectivity index (χ4n) is 3.28. The molecule has 2 aromatic rings. The quantitative estimate of drug-likeness (QED) is 0.680. The summed E-state index contributed by atoms with van der Waals surface area (Å²) in [6, 6.07) is 9.85. The molecule has 4 rings (SSSR count). The second-order valence-electron chi connectivity index (χ2n) is 5.39. The van der Waals surface area contributed by atoms with Gasteiger partial charge in [-0.2, -0.15) is 0 Å². The Labute approximate surface area is 185 Å². The average molecular weight is 374 g/mol.